The number of carbonyl (C=O) groups is 1. The molecule has 0 radical (unpaired) electrons. The van der Waals surface area contributed by atoms with Gasteiger partial charge in [-0.1, -0.05) is 29.3 Å². The molecular weight excluding hydrogens is 376 g/mol. The quantitative estimate of drug-likeness (QED) is 0.730. The third-order valence-corrected chi connectivity index (χ3v) is 5.25. The monoisotopic (exact) mass is 396 g/mol. The molecule has 0 heterocycles. The molecule has 1 N–H and O–H groups in total. The smallest absolute Gasteiger partial charge is 0.252 e. The lowest BCUT2D eigenvalue weighted by atomic mass is 10.2. The summed E-state index contributed by atoms with van der Waals surface area (Å²) >= 11 is 6.13. The van der Waals surface area contributed by atoms with Crippen LogP contribution in [0.5, 0.6) is 5.75 Å². The summed E-state index contributed by atoms with van der Waals surface area (Å²) in [5, 5.41) is 2.90. The van der Waals surface area contributed by atoms with Crippen LogP contribution in [0.4, 0.5) is 5.69 Å². The van der Waals surface area contributed by atoms with Gasteiger partial charge in [0.05, 0.1) is 29.1 Å². The van der Waals surface area contributed by atoms with Gasteiger partial charge in [0.2, 0.25) is 10.0 Å². The van der Waals surface area contributed by atoms with Crippen LogP contribution in [0.25, 0.3) is 0 Å². The number of rotatable bonds is 7. The van der Waals surface area contributed by atoms with E-state index < -0.39 is 10.0 Å². The molecule has 0 bridgehead atoms. The van der Waals surface area contributed by atoms with Crippen molar-refractivity contribution in [2.75, 3.05) is 30.8 Å². The standard InChI is InChI=1S/C18H21ClN2O4S/c1-13-4-7-15(8-5-13)25-11-10-20-18(22)16-9-6-14(12-17(16)19)21(2)26(3,23)24/h4-9,12H,10-11H2,1-3H3,(H,20,22). The van der Waals surface area contributed by atoms with E-state index in [1.54, 1.807) is 0 Å². The van der Waals surface area contributed by atoms with Crippen LogP contribution >= 0.6 is 11.6 Å². The molecule has 0 spiro atoms. The minimum atomic E-state index is -3.39. The fraction of sp³-hybridized carbons (Fsp3) is 0.278. The third kappa shape index (κ3) is 5.37. The Morgan fingerprint density at radius 2 is 1.85 bits per heavy atom. The highest BCUT2D eigenvalue weighted by Crippen LogP contribution is 2.24. The van der Waals surface area contributed by atoms with Crippen LogP contribution in [0.15, 0.2) is 42.5 Å². The summed E-state index contributed by atoms with van der Waals surface area (Å²) in [6.07, 6.45) is 1.09. The molecule has 2 rings (SSSR count). The number of nitrogens with zero attached hydrogens (tertiary/aromatic N) is 1. The average molecular weight is 397 g/mol. The number of benzene rings is 2. The summed E-state index contributed by atoms with van der Waals surface area (Å²) in [6.45, 7) is 2.63. The van der Waals surface area contributed by atoms with Gasteiger partial charge in [-0.2, -0.15) is 0 Å². The molecular formula is C18H21ClN2O4S. The zero-order valence-corrected chi connectivity index (χ0v) is 16.4. The molecule has 0 saturated carbocycles. The van der Waals surface area contributed by atoms with Gasteiger partial charge in [0.25, 0.3) is 5.91 Å². The van der Waals surface area contributed by atoms with Crippen LogP contribution in [0, 0.1) is 6.92 Å². The summed E-state index contributed by atoms with van der Waals surface area (Å²) in [6, 6.07) is 12.1. The van der Waals surface area contributed by atoms with Crippen LogP contribution in [-0.4, -0.2) is 40.8 Å². The fourth-order valence-corrected chi connectivity index (χ4v) is 2.90. The van der Waals surface area contributed by atoms with Gasteiger partial charge in [-0.25, -0.2) is 8.42 Å². The van der Waals surface area contributed by atoms with Gasteiger partial charge in [-0.3, -0.25) is 9.10 Å². The minimum absolute atomic E-state index is 0.176. The number of anilines is 1. The Bertz CT molecular complexity index is 883. The van der Waals surface area contributed by atoms with E-state index in [1.807, 2.05) is 31.2 Å². The zero-order valence-electron chi connectivity index (χ0n) is 14.8. The summed E-state index contributed by atoms with van der Waals surface area (Å²) in [5.41, 5.74) is 1.80. The van der Waals surface area contributed by atoms with Gasteiger partial charge in [-0.05, 0) is 37.3 Å². The summed E-state index contributed by atoms with van der Waals surface area (Å²) in [4.78, 5) is 12.2. The highest BCUT2D eigenvalue weighted by molar-refractivity contribution is 7.92. The van der Waals surface area contributed by atoms with Crippen molar-refractivity contribution in [3.05, 3.63) is 58.6 Å². The topological polar surface area (TPSA) is 75.7 Å². The van der Waals surface area contributed by atoms with Crippen molar-refractivity contribution >= 4 is 33.2 Å². The molecule has 0 aliphatic rings. The van der Waals surface area contributed by atoms with E-state index >= 15 is 0 Å². The minimum Gasteiger partial charge on any atom is -0.492 e. The van der Waals surface area contributed by atoms with Crippen LogP contribution in [0.2, 0.25) is 5.02 Å². The molecule has 0 unspecified atom stereocenters. The third-order valence-electron chi connectivity index (χ3n) is 3.74. The van der Waals surface area contributed by atoms with Gasteiger partial charge in [-0.15, -0.1) is 0 Å². The van der Waals surface area contributed by atoms with E-state index in [0.29, 0.717) is 18.8 Å². The second-order valence-electron chi connectivity index (χ2n) is 5.81. The molecule has 140 valence electrons. The second-order valence-corrected chi connectivity index (χ2v) is 8.23. The van der Waals surface area contributed by atoms with E-state index in [2.05, 4.69) is 5.32 Å². The molecule has 1 amide bonds. The Hall–Kier alpha value is -2.25. The van der Waals surface area contributed by atoms with E-state index in [-0.39, 0.29) is 16.5 Å². The maximum absolute atomic E-state index is 12.2. The number of amides is 1. The number of nitrogens with one attached hydrogen (secondary N) is 1. The summed E-state index contributed by atoms with van der Waals surface area (Å²) in [7, 11) is -1.98. The zero-order chi connectivity index (χ0) is 19.3. The molecule has 2 aromatic carbocycles. The highest BCUT2D eigenvalue weighted by atomic mass is 35.5. The molecule has 0 saturated heterocycles. The summed E-state index contributed by atoms with van der Waals surface area (Å²) in [5.74, 6) is 0.382. The van der Waals surface area contributed by atoms with Crippen molar-refractivity contribution in [2.24, 2.45) is 0 Å². The number of halogens is 1. The number of sulfonamides is 1. The van der Waals surface area contributed by atoms with E-state index in [1.165, 1.54) is 25.2 Å². The van der Waals surface area contributed by atoms with Gasteiger partial charge in [0.15, 0.2) is 0 Å². The van der Waals surface area contributed by atoms with E-state index in [0.717, 1.165) is 21.9 Å². The SMILES string of the molecule is Cc1ccc(OCCNC(=O)c2ccc(N(C)S(C)(=O)=O)cc2Cl)cc1. The van der Waals surface area contributed by atoms with Gasteiger partial charge in [0.1, 0.15) is 12.4 Å². The molecule has 0 aliphatic heterocycles. The molecule has 0 aromatic heterocycles. The number of aryl methyl sites for hydroxylation is 1. The van der Waals surface area contributed by atoms with Crippen molar-refractivity contribution in [3.8, 4) is 5.75 Å². The Morgan fingerprint density at radius 1 is 1.19 bits per heavy atom. The first-order valence-corrected chi connectivity index (χ1v) is 10.1. The van der Waals surface area contributed by atoms with Crippen LogP contribution in [-0.2, 0) is 10.0 Å². The maximum atomic E-state index is 12.2. The van der Waals surface area contributed by atoms with Crippen molar-refractivity contribution < 1.29 is 17.9 Å². The van der Waals surface area contributed by atoms with E-state index in [9.17, 15) is 13.2 Å². The molecule has 8 heteroatoms. The lowest BCUT2D eigenvalue weighted by Gasteiger charge is -2.17. The first kappa shape index (κ1) is 20.1. The highest BCUT2D eigenvalue weighted by Gasteiger charge is 2.16. The maximum Gasteiger partial charge on any atom is 0.252 e. The van der Waals surface area contributed by atoms with Crippen molar-refractivity contribution in [3.63, 3.8) is 0 Å². The molecule has 26 heavy (non-hydrogen) atoms. The Kier molecular flexibility index (Phi) is 6.50. The molecule has 6 nitrogen and oxygen atoms in total. The summed E-state index contributed by atoms with van der Waals surface area (Å²) < 4.78 is 29.8. The Labute approximate surface area is 158 Å². The van der Waals surface area contributed by atoms with Crippen molar-refractivity contribution in [2.45, 2.75) is 6.92 Å². The Morgan fingerprint density at radius 3 is 2.42 bits per heavy atom. The molecule has 0 fully saturated rings. The first-order chi connectivity index (χ1) is 12.2. The van der Waals surface area contributed by atoms with Gasteiger partial charge < -0.3 is 10.1 Å². The largest absolute Gasteiger partial charge is 0.492 e. The second kappa shape index (κ2) is 8.42. The normalized spacial score (nSPS) is 11.1. The molecule has 0 atom stereocenters. The van der Waals surface area contributed by atoms with Crippen molar-refractivity contribution in [1.82, 2.24) is 5.32 Å². The van der Waals surface area contributed by atoms with Crippen LogP contribution in [0.1, 0.15) is 15.9 Å². The first-order valence-electron chi connectivity index (χ1n) is 7.89. The van der Waals surface area contributed by atoms with E-state index in [4.69, 9.17) is 16.3 Å². The van der Waals surface area contributed by atoms with Crippen LogP contribution in [0.3, 0.4) is 0 Å². The Balaban J connectivity index is 1.92. The molecule has 0 aliphatic carbocycles. The lowest BCUT2D eigenvalue weighted by molar-refractivity contribution is 0.0947. The number of hydrogen-bond acceptors (Lipinski definition) is 4. The number of carbonyl (C=O) groups excluding carboxylic acids is 1. The number of ether oxygens (including phenoxy) is 1. The predicted octanol–water partition coefficient (Wildman–Crippen LogP) is 2.85. The fourth-order valence-electron chi connectivity index (χ4n) is 2.14. The lowest BCUT2D eigenvalue weighted by Crippen LogP contribution is -2.28. The molecule has 2 aromatic rings. The van der Waals surface area contributed by atoms with Crippen LogP contribution < -0.4 is 14.4 Å². The number of hydrogen-bond donors (Lipinski definition) is 1. The average Bonchev–Trinajstić information content (AvgIpc) is 2.58. The predicted molar refractivity (Wildman–Crippen MR) is 104 cm³/mol. The van der Waals surface area contributed by atoms with Gasteiger partial charge in [0, 0.05) is 7.05 Å². The van der Waals surface area contributed by atoms with Gasteiger partial charge >= 0.3 is 0 Å². The van der Waals surface area contributed by atoms with Crippen molar-refractivity contribution in [1.29, 1.82) is 0 Å².